The molecule has 0 saturated heterocycles. The highest BCUT2D eigenvalue weighted by Gasteiger charge is 2.24. The van der Waals surface area contributed by atoms with Crippen LogP contribution in [0.5, 0.6) is 0 Å². The molecule has 126 valence electrons. The minimum absolute atomic E-state index is 0.00663. The van der Waals surface area contributed by atoms with E-state index in [-0.39, 0.29) is 27.4 Å². The largest absolute Gasteiger partial charge is 0.322 e. The zero-order valence-corrected chi connectivity index (χ0v) is 13.4. The lowest BCUT2D eigenvalue weighted by molar-refractivity contribution is -0.394. The van der Waals surface area contributed by atoms with Crippen LogP contribution in [0.2, 0.25) is 5.02 Å². The number of nitrogens with one attached hydrogen (secondary N) is 1. The first kappa shape index (κ1) is 17.8. The van der Waals surface area contributed by atoms with E-state index in [1.54, 1.807) is 0 Å². The molecule has 1 N–H and O–H groups in total. The van der Waals surface area contributed by atoms with E-state index < -0.39 is 27.1 Å². The van der Waals surface area contributed by atoms with E-state index in [1.165, 1.54) is 25.1 Å². The maximum Gasteiger partial charge on any atom is 0.279 e. The fourth-order valence-electron chi connectivity index (χ4n) is 2.10. The van der Waals surface area contributed by atoms with Crippen molar-refractivity contribution in [1.82, 2.24) is 0 Å². The molecule has 0 aliphatic heterocycles. The van der Waals surface area contributed by atoms with Gasteiger partial charge in [-0.15, -0.1) is 0 Å². The molecule has 10 heteroatoms. The smallest absolute Gasteiger partial charge is 0.279 e. The van der Waals surface area contributed by atoms with Crippen molar-refractivity contribution >= 4 is 34.6 Å². The number of benzene rings is 2. The number of rotatable bonds is 4. The van der Waals surface area contributed by atoms with Crippen LogP contribution < -0.4 is 5.32 Å². The molecule has 0 saturated carbocycles. The van der Waals surface area contributed by atoms with E-state index in [4.69, 9.17) is 16.9 Å². The summed E-state index contributed by atoms with van der Waals surface area (Å²) in [6.45, 7) is 1.32. The number of hydrogen-bond acceptors (Lipinski definition) is 6. The zero-order chi connectivity index (χ0) is 18.7. The summed E-state index contributed by atoms with van der Waals surface area (Å²) in [6.07, 6.45) is 0. The number of nitro benzene ring substituents is 2. The predicted molar refractivity (Wildman–Crippen MR) is 88.6 cm³/mol. The molecule has 2 aromatic rings. The Morgan fingerprint density at radius 2 is 1.88 bits per heavy atom. The van der Waals surface area contributed by atoms with Gasteiger partial charge < -0.3 is 5.32 Å². The fraction of sp³-hybridized carbons (Fsp3) is 0.0667. The van der Waals surface area contributed by atoms with Crippen molar-refractivity contribution in [3.8, 4) is 6.07 Å². The lowest BCUT2D eigenvalue weighted by Crippen LogP contribution is -2.15. The van der Waals surface area contributed by atoms with Gasteiger partial charge in [-0.1, -0.05) is 11.6 Å². The average Bonchev–Trinajstić information content (AvgIpc) is 2.54. The summed E-state index contributed by atoms with van der Waals surface area (Å²) in [4.78, 5) is 32.8. The third-order valence-corrected chi connectivity index (χ3v) is 3.68. The lowest BCUT2D eigenvalue weighted by atomic mass is 10.0. The molecule has 2 aromatic carbocycles. The molecular formula is C15H9ClN4O5. The highest BCUT2D eigenvalue weighted by atomic mass is 35.5. The highest BCUT2D eigenvalue weighted by molar-refractivity contribution is 6.32. The van der Waals surface area contributed by atoms with Gasteiger partial charge in [0.25, 0.3) is 17.3 Å². The van der Waals surface area contributed by atoms with Gasteiger partial charge in [-0.2, -0.15) is 5.26 Å². The van der Waals surface area contributed by atoms with Gasteiger partial charge in [0.2, 0.25) is 0 Å². The topological polar surface area (TPSA) is 139 Å². The number of non-ortho nitro benzene ring substituents is 1. The maximum atomic E-state index is 12.4. The minimum Gasteiger partial charge on any atom is -0.322 e. The second-order valence-electron chi connectivity index (χ2n) is 4.91. The van der Waals surface area contributed by atoms with E-state index in [1.807, 2.05) is 6.07 Å². The average molecular weight is 361 g/mol. The summed E-state index contributed by atoms with van der Waals surface area (Å²) in [7, 11) is 0. The number of nitrogens with zero attached hydrogens (tertiary/aromatic N) is 3. The van der Waals surface area contributed by atoms with Gasteiger partial charge in [-0.25, -0.2) is 0 Å². The van der Waals surface area contributed by atoms with Crippen molar-refractivity contribution in [3.05, 3.63) is 72.3 Å². The summed E-state index contributed by atoms with van der Waals surface area (Å²) in [6, 6.07) is 7.76. The first-order valence-electron chi connectivity index (χ1n) is 6.69. The first-order valence-corrected chi connectivity index (χ1v) is 7.06. The summed E-state index contributed by atoms with van der Waals surface area (Å²) < 4.78 is 0. The fourth-order valence-corrected chi connectivity index (χ4v) is 2.32. The molecule has 0 bridgehead atoms. The Labute approximate surface area is 145 Å². The number of anilines is 1. The summed E-state index contributed by atoms with van der Waals surface area (Å²) >= 11 is 5.87. The normalized spacial score (nSPS) is 9.96. The van der Waals surface area contributed by atoms with Crippen molar-refractivity contribution in [3.63, 3.8) is 0 Å². The molecule has 9 nitrogen and oxygen atoms in total. The van der Waals surface area contributed by atoms with Crippen LogP contribution >= 0.6 is 11.6 Å². The van der Waals surface area contributed by atoms with Crippen molar-refractivity contribution in [1.29, 1.82) is 5.26 Å². The number of halogens is 1. The molecular weight excluding hydrogens is 352 g/mol. The Morgan fingerprint density at radius 3 is 2.40 bits per heavy atom. The Bertz CT molecular complexity index is 952. The molecule has 0 radical (unpaired) electrons. The van der Waals surface area contributed by atoms with E-state index >= 15 is 0 Å². The quantitative estimate of drug-likeness (QED) is 0.652. The molecule has 0 spiro atoms. The Morgan fingerprint density at radius 1 is 1.20 bits per heavy atom. The van der Waals surface area contributed by atoms with Gasteiger partial charge in [-0.05, 0) is 25.1 Å². The molecule has 0 aliphatic rings. The van der Waals surface area contributed by atoms with Crippen LogP contribution in [-0.4, -0.2) is 15.8 Å². The van der Waals surface area contributed by atoms with Gasteiger partial charge in [-0.3, -0.25) is 25.0 Å². The van der Waals surface area contributed by atoms with Crippen molar-refractivity contribution < 1.29 is 14.6 Å². The predicted octanol–water partition coefficient (Wildman–Crippen LogP) is 3.59. The number of hydrogen-bond donors (Lipinski definition) is 1. The van der Waals surface area contributed by atoms with Gasteiger partial charge >= 0.3 is 0 Å². The molecule has 0 aromatic heterocycles. The number of nitro groups is 2. The molecule has 25 heavy (non-hydrogen) atoms. The third kappa shape index (κ3) is 3.70. The van der Waals surface area contributed by atoms with E-state index in [0.717, 1.165) is 12.1 Å². The van der Waals surface area contributed by atoms with Crippen LogP contribution in [0.3, 0.4) is 0 Å². The Hall–Kier alpha value is -3.51. The van der Waals surface area contributed by atoms with Crippen LogP contribution in [0.25, 0.3) is 0 Å². The van der Waals surface area contributed by atoms with E-state index in [2.05, 4.69) is 5.32 Å². The summed E-state index contributed by atoms with van der Waals surface area (Å²) in [5, 5.41) is 33.4. The molecule has 0 atom stereocenters. The van der Waals surface area contributed by atoms with Crippen LogP contribution in [0.15, 0.2) is 30.3 Å². The number of carbonyl (C=O) groups excluding carboxylic acids is 1. The number of carbonyl (C=O) groups is 1. The Kier molecular flexibility index (Phi) is 4.95. The molecule has 1 amide bonds. The van der Waals surface area contributed by atoms with Gasteiger partial charge in [0.15, 0.2) is 0 Å². The SMILES string of the molecule is Cc1c(C(=O)Nc2ccc(C#N)c(Cl)c2)cc([N+](=O)[O-])cc1[N+](=O)[O-]. The lowest BCUT2D eigenvalue weighted by Gasteiger charge is -2.09. The van der Waals surface area contributed by atoms with Crippen molar-refractivity contribution in [2.24, 2.45) is 0 Å². The minimum atomic E-state index is -0.818. The monoisotopic (exact) mass is 360 g/mol. The van der Waals surface area contributed by atoms with Gasteiger partial charge in [0.1, 0.15) is 6.07 Å². The van der Waals surface area contributed by atoms with Crippen LogP contribution in [0.4, 0.5) is 17.1 Å². The maximum absolute atomic E-state index is 12.4. The molecule has 0 fully saturated rings. The number of amides is 1. The second kappa shape index (κ2) is 6.94. The van der Waals surface area contributed by atoms with Gasteiger partial charge in [0.05, 0.1) is 32.1 Å². The molecule has 0 heterocycles. The molecule has 0 aliphatic carbocycles. The zero-order valence-electron chi connectivity index (χ0n) is 12.6. The third-order valence-electron chi connectivity index (χ3n) is 3.36. The van der Waals surface area contributed by atoms with Crippen LogP contribution in [0, 0.1) is 38.5 Å². The standard InChI is InChI=1S/C15H9ClN4O5/c1-8-12(5-11(19(22)23)6-14(8)20(24)25)15(21)18-10-3-2-9(7-17)13(16)4-10/h2-6H,1H3,(H,18,21). The van der Waals surface area contributed by atoms with E-state index in [0.29, 0.717) is 0 Å². The molecule has 0 unspecified atom stereocenters. The highest BCUT2D eigenvalue weighted by Crippen LogP contribution is 2.29. The van der Waals surface area contributed by atoms with Crippen LogP contribution in [0.1, 0.15) is 21.5 Å². The number of nitriles is 1. The molecule has 2 rings (SSSR count). The van der Waals surface area contributed by atoms with Crippen molar-refractivity contribution in [2.45, 2.75) is 6.92 Å². The summed E-state index contributed by atoms with van der Waals surface area (Å²) in [5.74, 6) is -0.773. The van der Waals surface area contributed by atoms with Crippen LogP contribution in [-0.2, 0) is 0 Å². The Balaban J connectivity index is 2.45. The van der Waals surface area contributed by atoms with Crippen molar-refractivity contribution in [2.75, 3.05) is 5.32 Å². The first-order chi connectivity index (χ1) is 11.7. The second-order valence-corrected chi connectivity index (χ2v) is 5.32. The van der Waals surface area contributed by atoms with Gasteiger partial charge in [0, 0.05) is 17.3 Å². The van der Waals surface area contributed by atoms with E-state index in [9.17, 15) is 25.0 Å². The summed E-state index contributed by atoms with van der Waals surface area (Å²) in [5.41, 5.74) is -0.865.